The predicted octanol–water partition coefficient (Wildman–Crippen LogP) is 3.85. The molecule has 0 amide bonds. The molecule has 90 valence electrons. The van der Waals surface area contributed by atoms with Crippen LogP contribution in [0.3, 0.4) is 0 Å². The monoisotopic (exact) mass is 228 g/mol. The number of carbonyl (C=O) groups excluding carboxylic acids is 1. The Labute approximate surface area is 103 Å². The molecule has 1 aromatic rings. The molecule has 1 saturated carbocycles. The molecule has 3 rings (SSSR count). The van der Waals surface area contributed by atoms with E-state index in [4.69, 9.17) is 0 Å². The molecule has 2 aliphatic carbocycles. The molecule has 1 nitrogen and oxygen atoms in total. The summed E-state index contributed by atoms with van der Waals surface area (Å²) in [4.78, 5) is 12.6. The minimum atomic E-state index is 0.299. The van der Waals surface area contributed by atoms with Crippen LogP contribution < -0.4 is 0 Å². The molecule has 0 aliphatic heterocycles. The molecule has 17 heavy (non-hydrogen) atoms. The van der Waals surface area contributed by atoms with Gasteiger partial charge in [-0.1, -0.05) is 25.0 Å². The summed E-state index contributed by atoms with van der Waals surface area (Å²) in [6.45, 7) is 4.20. The van der Waals surface area contributed by atoms with Crippen LogP contribution in [0, 0.1) is 25.7 Å². The first-order chi connectivity index (χ1) is 8.18. The van der Waals surface area contributed by atoms with E-state index in [-0.39, 0.29) is 0 Å². The van der Waals surface area contributed by atoms with E-state index in [1.165, 1.54) is 42.4 Å². The summed E-state index contributed by atoms with van der Waals surface area (Å²) in [6.07, 6.45) is 6.18. The van der Waals surface area contributed by atoms with Crippen molar-refractivity contribution in [2.75, 3.05) is 0 Å². The molecule has 1 unspecified atom stereocenters. The van der Waals surface area contributed by atoms with Crippen LogP contribution in [0.1, 0.15) is 52.7 Å². The highest BCUT2D eigenvalue weighted by atomic mass is 16.1. The van der Waals surface area contributed by atoms with Crippen LogP contribution in [0.4, 0.5) is 0 Å². The number of ketones is 1. The Morgan fingerprint density at radius 3 is 2.53 bits per heavy atom. The summed E-state index contributed by atoms with van der Waals surface area (Å²) < 4.78 is 0. The van der Waals surface area contributed by atoms with Gasteiger partial charge in [-0.05, 0) is 55.7 Å². The van der Waals surface area contributed by atoms with Crippen molar-refractivity contribution < 1.29 is 4.79 Å². The molecule has 0 radical (unpaired) electrons. The summed E-state index contributed by atoms with van der Waals surface area (Å²) in [5, 5.41) is 0. The molecule has 0 spiro atoms. The molecule has 1 heteroatoms. The van der Waals surface area contributed by atoms with Crippen molar-refractivity contribution in [2.45, 2.75) is 46.0 Å². The first-order valence-electron chi connectivity index (χ1n) is 6.82. The lowest BCUT2D eigenvalue weighted by Crippen LogP contribution is -2.18. The molecule has 1 aromatic carbocycles. The van der Waals surface area contributed by atoms with Crippen molar-refractivity contribution in [1.29, 1.82) is 0 Å². The molecular weight excluding hydrogens is 208 g/mol. The lowest BCUT2D eigenvalue weighted by molar-refractivity contribution is 0.0894. The minimum absolute atomic E-state index is 0.299. The van der Waals surface area contributed by atoms with Gasteiger partial charge < -0.3 is 0 Å². The van der Waals surface area contributed by atoms with Gasteiger partial charge in [-0.3, -0.25) is 4.79 Å². The van der Waals surface area contributed by atoms with Crippen LogP contribution in [0.25, 0.3) is 0 Å². The molecule has 0 saturated heterocycles. The second kappa shape index (κ2) is 3.97. The fourth-order valence-corrected chi connectivity index (χ4v) is 3.64. The van der Waals surface area contributed by atoms with Crippen LogP contribution >= 0.6 is 0 Å². The predicted molar refractivity (Wildman–Crippen MR) is 69.4 cm³/mol. The normalized spacial score (nSPS) is 24.4. The number of hydrogen-bond donors (Lipinski definition) is 0. The zero-order valence-corrected chi connectivity index (χ0v) is 10.8. The third-order valence-corrected chi connectivity index (χ3v) is 4.81. The van der Waals surface area contributed by atoms with E-state index in [1.807, 2.05) is 0 Å². The van der Waals surface area contributed by atoms with E-state index in [0.29, 0.717) is 17.6 Å². The first-order valence-corrected chi connectivity index (χ1v) is 6.82. The molecule has 0 bridgehead atoms. The first kappa shape index (κ1) is 11.0. The van der Waals surface area contributed by atoms with Crippen molar-refractivity contribution in [1.82, 2.24) is 0 Å². The van der Waals surface area contributed by atoms with Crippen molar-refractivity contribution in [3.8, 4) is 0 Å². The maximum Gasteiger partial charge on any atom is 0.167 e. The second-order valence-corrected chi connectivity index (χ2v) is 5.76. The molecule has 0 aromatic heterocycles. The van der Waals surface area contributed by atoms with Gasteiger partial charge in [0, 0.05) is 11.5 Å². The summed E-state index contributed by atoms with van der Waals surface area (Å²) in [5.74, 6) is 1.40. The quantitative estimate of drug-likeness (QED) is 0.713. The van der Waals surface area contributed by atoms with E-state index in [1.54, 1.807) is 0 Å². The van der Waals surface area contributed by atoms with Crippen molar-refractivity contribution in [3.63, 3.8) is 0 Å². The SMILES string of the molecule is Cc1ccc2c(c1C)C(=O)C(C1CCCC1)C2. The summed E-state index contributed by atoms with van der Waals surface area (Å²) in [5.41, 5.74) is 4.83. The third-order valence-electron chi connectivity index (χ3n) is 4.81. The molecule has 0 heterocycles. The molecular formula is C16H20O. The van der Waals surface area contributed by atoms with Crippen molar-refractivity contribution >= 4 is 5.78 Å². The molecule has 1 fully saturated rings. The number of aryl methyl sites for hydroxylation is 1. The van der Waals surface area contributed by atoms with E-state index >= 15 is 0 Å². The lowest BCUT2D eigenvalue weighted by Gasteiger charge is -2.15. The van der Waals surface area contributed by atoms with Gasteiger partial charge in [0.25, 0.3) is 0 Å². The maximum atomic E-state index is 12.6. The average molecular weight is 228 g/mol. The third kappa shape index (κ3) is 1.64. The number of fused-ring (bicyclic) bond motifs is 1. The van der Waals surface area contributed by atoms with Gasteiger partial charge in [0.15, 0.2) is 5.78 Å². The average Bonchev–Trinajstić information content (AvgIpc) is 2.91. The van der Waals surface area contributed by atoms with Gasteiger partial charge in [-0.15, -0.1) is 0 Å². The Balaban J connectivity index is 1.97. The highest BCUT2D eigenvalue weighted by Crippen LogP contribution is 2.40. The number of Topliss-reactive ketones (excluding diaryl/α,β-unsaturated/α-hetero) is 1. The van der Waals surface area contributed by atoms with Crippen LogP contribution in [0.15, 0.2) is 12.1 Å². The molecule has 1 atom stereocenters. The van der Waals surface area contributed by atoms with Gasteiger partial charge >= 0.3 is 0 Å². The minimum Gasteiger partial charge on any atom is -0.294 e. The Morgan fingerprint density at radius 1 is 1.12 bits per heavy atom. The lowest BCUT2D eigenvalue weighted by atomic mass is 9.87. The van der Waals surface area contributed by atoms with Crippen LogP contribution in [-0.2, 0) is 6.42 Å². The largest absolute Gasteiger partial charge is 0.294 e. The maximum absolute atomic E-state index is 12.6. The zero-order valence-electron chi connectivity index (χ0n) is 10.8. The Kier molecular flexibility index (Phi) is 2.57. The fourth-order valence-electron chi connectivity index (χ4n) is 3.64. The topological polar surface area (TPSA) is 17.1 Å². The number of hydrogen-bond acceptors (Lipinski definition) is 1. The van der Waals surface area contributed by atoms with Crippen LogP contribution in [0.5, 0.6) is 0 Å². The summed E-state index contributed by atoms with van der Waals surface area (Å²) >= 11 is 0. The highest BCUT2D eigenvalue weighted by molar-refractivity contribution is 6.03. The summed E-state index contributed by atoms with van der Waals surface area (Å²) in [7, 11) is 0. The van der Waals surface area contributed by atoms with Crippen molar-refractivity contribution in [2.24, 2.45) is 11.8 Å². The number of carbonyl (C=O) groups is 1. The smallest absolute Gasteiger partial charge is 0.167 e. The number of benzene rings is 1. The van der Waals surface area contributed by atoms with E-state index in [0.717, 1.165) is 12.0 Å². The van der Waals surface area contributed by atoms with E-state index in [2.05, 4.69) is 26.0 Å². The second-order valence-electron chi connectivity index (χ2n) is 5.76. The van der Waals surface area contributed by atoms with Crippen LogP contribution in [0.2, 0.25) is 0 Å². The van der Waals surface area contributed by atoms with Gasteiger partial charge in [-0.2, -0.15) is 0 Å². The van der Waals surface area contributed by atoms with Gasteiger partial charge in [0.1, 0.15) is 0 Å². The van der Waals surface area contributed by atoms with Crippen LogP contribution in [-0.4, -0.2) is 5.78 Å². The van der Waals surface area contributed by atoms with E-state index < -0.39 is 0 Å². The Morgan fingerprint density at radius 2 is 1.82 bits per heavy atom. The van der Waals surface area contributed by atoms with Gasteiger partial charge in [0.05, 0.1) is 0 Å². The Bertz CT molecular complexity index is 467. The standard InChI is InChI=1S/C16H20O/c1-10-7-8-13-9-14(12-5-3-4-6-12)16(17)15(13)11(10)2/h7-8,12,14H,3-6,9H2,1-2H3. The number of rotatable bonds is 1. The Hall–Kier alpha value is -1.11. The van der Waals surface area contributed by atoms with Crippen molar-refractivity contribution in [3.05, 3.63) is 34.4 Å². The zero-order chi connectivity index (χ0) is 12.0. The van der Waals surface area contributed by atoms with E-state index in [9.17, 15) is 4.79 Å². The molecule has 0 N–H and O–H groups in total. The summed E-state index contributed by atoms with van der Waals surface area (Å²) in [6, 6.07) is 4.34. The van der Waals surface area contributed by atoms with Gasteiger partial charge in [-0.25, -0.2) is 0 Å². The molecule has 2 aliphatic rings. The van der Waals surface area contributed by atoms with Gasteiger partial charge in [0.2, 0.25) is 0 Å². The highest BCUT2D eigenvalue weighted by Gasteiger charge is 2.38. The fraction of sp³-hybridized carbons (Fsp3) is 0.562.